The lowest BCUT2D eigenvalue weighted by molar-refractivity contribution is -0.122. The van der Waals surface area contributed by atoms with Crippen LogP contribution in [0, 0.1) is 0 Å². The summed E-state index contributed by atoms with van der Waals surface area (Å²) in [7, 11) is 1.62. The zero-order valence-electron chi connectivity index (χ0n) is 13.9. The second kappa shape index (κ2) is 7.76. The van der Waals surface area contributed by atoms with Crippen LogP contribution >= 0.6 is 23.4 Å². The smallest absolute Gasteiger partial charge is 0.266 e. The quantitative estimate of drug-likeness (QED) is 0.711. The van der Waals surface area contributed by atoms with Crippen LogP contribution in [0.3, 0.4) is 0 Å². The molecule has 25 heavy (non-hydrogen) atoms. The number of methoxy groups -OCH3 is 1. The third-order valence-electron chi connectivity index (χ3n) is 3.65. The number of aliphatic imine (C=N–C) groups is 1. The lowest BCUT2D eigenvalue weighted by atomic mass is 10.2. The number of amides is 1. The van der Waals surface area contributed by atoms with Crippen LogP contribution in [0.15, 0.2) is 58.4 Å². The van der Waals surface area contributed by atoms with E-state index in [1.54, 1.807) is 12.0 Å². The Hall–Kier alpha value is -2.24. The Morgan fingerprint density at radius 3 is 2.64 bits per heavy atom. The van der Waals surface area contributed by atoms with Gasteiger partial charge in [-0.25, -0.2) is 4.99 Å². The van der Waals surface area contributed by atoms with Gasteiger partial charge in [-0.2, -0.15) is 0 Å². The number of halogens is 1. The second-order valence-corrected chi connectivity index (χ2v) is 6.75. The number of amidine groups is 1. The van der Waals surface area contributed by atoms with Crippen molar-refractivity contribution < 1.29 is 9.53 Å². The molecule has 1 fully saturated rings. The molecular weight excluding hydrogens is 356 g/mol. The maximum absolute atomic E-state index is 12.6. The van der Waals surface area contributed by atoms with Gasteiger partial charge in [0, 0.05) is 11.6 Å². The zero-order chi connectivity index (χ0) is 17.8. The summed E-state index contributed by atoms with van der Waals surface area (Å²) in [4.78, 5) is 19.5. The molecule has 0 spiro atoms. The van der Waals surface area contributed by atoms with Gasteiger partial charge in [0.15, 0.2) is 5.17 Å². The first kappa shape index (κ1) is 17.6. The van der Waals surface area contributed by atoms with Crippen molar-refractivity contribution in [2.75, 3.05) is 13.7 Å². The van der Waals surface area contributed by atoms with Gasteiger partial charge < -0.3 is 4.74 Å². The van der Waals surface area contributed by atoms with E-state index in [0.29, 0.717) is 21.6 Å². The number of hydrogen-bond acceptors (Lipinski definition) is 4. The van der Waals surface area contributed by atoms with Crippen LogP contribution in [0.5, 0.6) is 5.75 Å². The minimum absolute atomic E-state index is 0.0419. The van der Waals surface area contributed by atoms with Gasteiger partial charge in [0.2, 0.25) is 0 Å². The first-order chi connectivity index (χ1) is 12.1. The maximum atomic E-state index is 12.6. The molecule has 0 unspecified atom stereocenters. The minimum atomic E-state index is -0.0419. The van der Waals surface area contributed by atoms with E-state index < -0.39 is 0 Å². The van der Waals surface area contributed by atoms with Crippen molar-refractivity contribution in [1.29, 1.82) is 0 Å². The molecule has 1 amide bonds. The van der Waals surface area contributed by atoms with Crippen molar-refractivity contribution in [2.24, 2.45) is 4.99 Å². The van der Waals surface area contributed by atoms with Gasteiger partial charge in [-0.15, -0.1) is 0 Å². The van der Waals surface area contributed by atoms with Crippen LogP contribution in [0.25, 0.3) is 6.08 Å². The largest absolute Gasteiger partial charge is 0.497 e. The lowest BCUT2D eigenvalue weighted by Crippen LogP contribution is -2.28. The number of carbonyl (C=O) groups is 1. The summed E-state index contributed by atoms with van der Waals surface area (Å²) < 4.78 is 5.15. The van der Waals surface area contributed by atoms with Gasteiger partial charge in [0.25, 0.3) is 5.91 Å². The Morgan fingerprint density at radius 2 is 2.00 bits per heavy atom. The number of hydrogen-bond donors (Lipinski definition) is 0. The number of ether oxygens (including phenoxy) is 1. The molecule has 0 aliphatic carbocycles. The highest BCUT2D eigenvalue weighted by Gasteiger charge is 2.32. The van der Waals surface area contributed by atoms with Gasteiger partial charge in [-0.1, -0.05) is 23.7 Å². The number of carbonyl (C=O) groups excluding carboxylic acids is 1. The number of thioether (sulfide) groups is 1. The van der Waals surface area contributed by atoms with E-state index in [4.69, 9.17) is 16.3 Å². The van der Waals surface area contributed by atoms with Crippen molar-refractivity contribution in [3.05, 3.63) is 64.0 Å². The predicted octanol–water partition coefficient (Wildman–Crippen LogP) is 4.97. The van der Waals surface area contributed by atoms with E-state index in [0.717, 1.165) is 17.0 Å². The number of nitrogens with zero attached hydrogens (tertiary/aromatic N) is 2. The molecule has 0 N–H and O–H groups in total. The van der Waals surface area contributed by atoms with Crippen molar-refractivity contribution in [2.45, 2.75) is 6.92 Å². The Kier molecular flexibility index (Phi) is 5.46. The molecule has 2 aromatic rings. The molecule has 1 saturated heterocycles. The van der Waals surface area contributed by atoms with Crippen LogP contribution in [-0.2, 0) is 4.79 Å². The summed E-state index contributed by atoms with van der Waals surface area (Å²) in [5.74, 6) is 0.729. The fourth-order valence-corrected chi connectivity index (χ4v) is 3.65. The van der Waals surface area contributed by atoms with Crippen LogP contribution in [0.1, 0.15) is 12.5 Å². The molecule has 0 aromatic heterocycles. The fourth-order valence-electron chi connectivity index (χ4n) is 2.39. The Balaban J connectivity index is 1.90. The SMILES string of the molecule is CCN1C(=O)/C(=C\c2cccc(Cl)c2)SC1=Nc1ccc(OC)cc1. The monoisotopic (exact) mass is 372 g/mol. The number of rotatable bonds is 4. The standard InChI is InChI=1S/C19H17ClN2O2S/c1-3-22-18(23)17(12-13-5-4-6-14(20)11-13)25-19(22)21-15-7-9-16(24-2)10-8-15/h4-12H,3H2,1-2H3/b17-12+,21-19?. The normalized spacial score (nSPS) is 17.6. The summed E-state index contributed by atoms with van der Waals surface area (Å²) in [6, 6.07) is 14.8. The Morgan fingerprint density at radius 1 is 1.24 bits per heavy atom. The van der Waals surface area contributed by atoms with Crippen molar-refractivity contribution in [1.82, 2.24) is 4.90 Å². The molecule has 0 saturated carbocycles. The minimum Gasteiger partial charge on any atom is -0.497 e. The molecule has 0 bridgehead atoms. The Bertz CT molecular complexity index is 847. The molecule has 128 valence electrons. The first-order valence-corrected chi connectivity index (χ1v) is 9.00. The third kappa shape index (κ3) is 4.06. The van der Waals surface area contributed by atoms with E-state index in [2.05, 4.69) is 4.99 Å². The van der Waals surface area contributed by atoms with E-state index in [1.807, 2.05) is 61.5 Å². The summed E-state index contributed by atoms with van der Waals surface area (Å²) in [5.41, 5.74) is 1.67. The van der Waals surface area contributed by atoms with Gasteiger partial charge in [0.05, 0.1) is 17.7 Å². The molecule has 1 heterocycles. The summed E-state index contributed by atoms with van der Waals surface area (Å²) in [6.07, 6.45) is 1.85. The molecule has 3 rings (SSSR count). The molecular formula is C19H17ClN2O2S. The Labute approximate surface area is 156 Å². The van der Waals surface area contributed by atoms with Crippen LogP contribution in [0.2, 0.25) is 5.02 Å². The highest BCUT2D eigenvalue weighted by molar-refractivity contribution is 8.18. The lowest BCUT2D eigenvalue weighted by Gasteiger charge is -2.12. The summed E-state index contributed by atoms with van der Waals surface area (Å²) in [6.45, 7) is 2.50. The zero-order valence-corrected chi connectivity index (χ0v) is 15.5. The molecule has 0 atom stereocenters. The maximum Gasteiger partial charge on any atom is 0.266 e. The van der Waals surface area contributed by atoms with E-state index in [9.17, 15) is 4.79 Å². The molecule has 0 radical (unpaired) electrons. The fraction of sp³-hybridized carbons (Fsp3) is 0.158. The topological polar surface area (TPSA) is 41.9 Å². The highest BCUT2D eigenvalue weighted by Crippen LogP contribution is 2.34. The van der Waals surface area contributed by atoms with Gasteiger partial charge in [-0.3, -0.25) is 9.69 Å². The summed E-state index contributed by atoms with van der Waals surface area (Å²) >= 11 is 7.39. The van der Waals surface area contributed by atoms with Crippen molar-refractivity contribution >= 4 is 46.2 Å². The third-order valence-corrected chi connectivity index (χ3v) is 4.89. The molecule has 1 aliphatic rings. The van der Waals surface area contributed by atoms with Crippen LogP contribution < -0.4 is 4.74 Å². The highest BCUT2D eigenvalue weighted by atomic mass is 35.5. The second-order valence-electron chi connectivity index (χ2n) is 5.31. The first-order valence-electron chi connectivity index (χ1n) is 7.80. The van der Waals surface area contributed by atoms with E-state index in [-0.39, 0.29) is 5.91 Å². The molecule has 2 aromatic carbocycles. The molecule has 6 heteroatoms. The van der Waals surface area contributed by atoms with Crippen LogP contribution in [0.4, 0.5) is 5.69 Å². The van der Waals surface area contributed by atoms with Gasteiger partial charge in [-0.05, 0) is 66.7 Å². The number of benzene rings is 2. The van der Waals surface area contributed by atoms with Crippen molar-refractivity contribution in [3.63, 3.8) is 0 Å². The van der Waals surface area contributed by atoms with Gasteiger partial charge >= 0.3 is 0 Å². The van der Waals surface area contributed by atoms with E-state index >= 15 is 0 Å². The van der Waals surface area contributed by atoms with Crippen LogP contribution in [-0.4, -0.2) is 29.6 Å². The molecule has 1 aliphatic heterocycles. The van der Waals surface area contributed by atoms with Gasteiger partial charge in [0.1, 0.15) is 5.75 Å². The average Bonchev–Trinajstić information content (AvgIpc) is 2.90. The number of likely N-dealkylation sites (N-methyl/N-ethyl adjacent to an activating group) is 1. The van der Waals surface area contributed by atoms with Crippen molar-refractivity contribution in [3.8, 4) is 5.75 Å². The van der Waals surface area contributed by atoms with E-state index in [1.165, 1.54) is 11.8 Å². The average molecular weight is 373 g/mol. The molecule has 4 nitrogen and oxygen atoms in total. The predicted molar refractivity (Wildman–Crippen MR) is 104 cm³/mol. The summed E-state index contributed by atoms with van der Waals surface area (Å²) in [5, 5.41) is 1.32.